The van der Waals surface area contributed by atoms with Crippen LogP contribution in [-0.2, 0) is 14.8 Å². The van der Waals surface area contributed by atoms with Crippen LogP contribution in [0.15, 0.2) is 60.7 Å². The van der Waals surface area contributed by atoms with Crippen molar-refractivity contribution in [3.63, 3.8) is 0 Å². The molecule has 2 aromatic carbocycles. The van der Waals surface area contributed by atoms with Crippen LogP contribution in [0.25, 0.3) is 0 Å². The fourth-order valence-corrected chi connectivity index (χ4v) is 4.05. The maximum Gasteiger partial charge on any atom is 0.243 e. The molecule has 0 radical (unpaired) electrons. The average molecular weight is 390 g/mol. The Kier molecular flexibility index (Phi) is 7.24. The Balaban J connectivity index is 1.90. The normalized spacial score (nSPS) is 12.3. The molecule has 0 spiro atoms. The van der Waals surface area contributed by atoms with E-state index in [1.807, 2.05) is 37.4 Å². The predicted octanol–water partition coefficient (Wildman–Crippen LogP) is 2.48. The van der Waals surface area contributed by atoms with Crippen LogP contribution < -0.4 is 14.5 Å². The Morgan fingerprint density at radius 1 is 1.00 bits per heavy atom. The van der Waals surface area contributed by atoms with Crippen LogP contribution in [0.4, 0.5) is 11.4 Å². The van der Waals surface area contributed by atoms with E-state index in [2.05, 4.69) is 10.2 Å². The molecule has 1 atom stereocenters. The minimum absolute atomic E-state index is 0.313. The van der Waals surface area contributed by atoms with E-state index in [1.165, 1.54) is 0 Å². The molecule has 1 amide bonds. The average Bonchev–Trinajstić information content (AvgIpc) is 2.65. The molecule has 0 aliphatic rings. The fraction of sp³-hybridized carbons (Fsp3) is 0.350. The Hall–Kier alpha value is -2.54. The third-order valence-electron chi connectivity index (χ3n) is 4.27. The summed E-state index contributed by atoms with van der Waals surface area (Å²) >= 11 is 0. The van der Waals surface area contributed by atoms with E-state index in [1.54, 1.807) is 37.3 Å². The zero-order valence-corrected chi connectivity index (χ0v) is 16.8. The molecule has 2 aromatic rings. The van der Waals surface area contributed by atoms with Gasteiger partial charge >= 0.3 is 0 Å². The number of benzene rings is 2. The Morgan fingerprint density at radius 3 is 2.04 bits per heavy atom. The van der Waals surface area contributed by atoms with E-state index in [0.29, 0.717) is 12.2 Å². The Morgan fingerprint density at radius 2 is 1.52 bits per heavy atom. The highest BCUT2D eigenvalue weighted by molar-refractivity contribution is 7.92. The topological polar surface area (TPSA) is 69.7 Å². The molecule has 0 aliphatic carbocycles. The van der Waals surface area contributed by atoms with Crippen LogP contribution in [0.1, 0.15) is 13.3 Å². The number of hydrogen-bond acceptors (Lipinski definition) is 4. The molecule has 2 rings (SSSR count). The van der Waals surface area contributed by atoms with Crippen molar-refractivity contribution in [2.75, 3.05) is 35.6 Å². The lowest BCUT2D eigenvalue weighted by Gasteiger charge is -2.28. The van der Waals surface area contributed by atoms with E-state index in [4.69, 9.17) is 0 Å². The maximum atomic E-state index is 12.5. The quantitative estimate of drug-likeness (QED) is 0.669. The minimum Gasteiger partial charge on any atom is -0.375 e. The van der Waals surface area contributed by atoms with Crippen molar-refractivity contribution in [1.82, 2.24) is 5.32 Å². The highest BCUT2D eigenvalue weighted by Crippen LogP contribution is 2.20. The van der Waals surface area contributed by atoms with Gasteiger partial charge in [-0.15, -0.1) is 0 Å². The third kappa shape index (κ3) is 5.99. The van der Waals surface area contributed by atoms with Crippen LogP contribution in [0.5, 0.6) is 0 Å². The van der Waals surface area contributed by atoms with Gasteiger partial charge in [0.2, 0.25) is 15.9 Å². The van der Waals surface area contributed by atoms with Gasteiger partial charge in [-0.05, 0) is 37.6 Å². The summed E-state index contributed by atoms with van der Waals surface area (Å²) in [6.45, 7) is 2.86. The fourth-order valence-electron chi connectivity index (χ4n) is 2.87. The summed E-state index contributed by atoms with van der Waals surface area (Å²) < 4.78 is 25.5. The van der Waals surface area contributed by atoms with E-state index in [0.717, 1.165) is 29.2 Å². The zero-order chi connectivity index (χ0) is 19.9. The molecule has 0 aromatic heterocycles. The van der Waals surface area contributed by atoms with Gasteiger partial charge in [-0.3, -0.25) is 9.10 Å². The van der Waals surface area contributed by atoms with Gasteiger partial charge < -0.3 is 10.2 Å². The summed E-state index contributed by atoms with van der Waals surface area (Å²) in [5.74, 6) is -0.313. The molecular formula is C20H27N3O3S. The highest BCUT2D eigenvalue weighted by atomic mass is 32.2. The first-order chi connectivity index (χ1) is 12.8. The maximum absolute atomic E-state index is 12.5. The van der Waals surface area contributed by atoms with Crippen molar-refractivity contribution in [2.24, 2.45) is 0 Å². The second kappa shape index (κ2) is 9.41. The largest absolute Gasteiger partial charge is 0.375 e. The summed E-state index contributed by atoms with van der Waals surface area (Å²) in [6, 6.07) is 17.8. The molecule has 0 unspecified atom stereocenters. The molecule has 0 saturated carbocycles. The van der Waals surface area contributed by atoms with Crippen LogP contribution in [0.2, 0.25) is 0 Å². The lowest BCUT2D eigenvalue weighted by atomic mass is 10.2. The van der Waals surface area contributed by atoms with Crippen molar-refractivity contribution in [3.8, 4) is 0 Å². The van der Waals surface area contributed by atoms with E-state index < -0.39 is 16.1 Å². The predicted molar refractivity (Wildman–Crippen MR) is 111 cm³/mol. The van der Waals surface area contributed by atoms with Gasteiger partial charge in [0, 0.05) is 25.8 Å². The number of rotatable bonds is 9. The number of anilines is 2. The van der Waals surface area contributed by atoms with Gasteiger partial charge in [-0.25, -0.2) is 8.42 Å². The second-order valence-corrected chi connectivity index (χ2v) is 8.33. The van der Waals surface area contributed by atoms with Gasteiger partial charge in [0.15, 0.2) is 0 Å². The Bertz CT molecular complexity index is 826. The molecule has 0 heterocycles. The molecule has 27 heavy (non-hydrogen) atoms. The zero-order valence-electron chi connectivity index (χ0n) is 16.0. The number of para-hydroxylation sites is 2. The van der Waals surface area contributed by atoms with Crippen molar-refractivity contribution in [2.45, 2.75) is 19.4 Å². The molecule has 0 bridgehead atoms. The number of carbonyl (C=O) groups excluding carboxylic acids is 1. The lowest BCUT2D eigenvalue weighted by molar-refractivity contribution is -0.121. The molecule has 1 N–H and O–H groups in total. The second-order valence-electron chi connectivity index (χ2n) is 6.47. The van der Waals surface area contributed by atoms with E-state index >= 15 is 0 Å². The first-order valence-electron chi connectivity index (χ1n) is 8.89. The molecule has 146 valence electrons. The number of nitrogens with one attached hydrogen (secondary N) is 1. The SMILES string of the molecule is C[C@@H](C(=O)NCCCN(C)c1ccccc1)N(c1ccccc1)S(C)(=O)=O. The summed E-state index contributed by atoms with van der Waals surface area (Å²) in [7, 11) is -1.58. The Labute approximate surface area is 161 Å². The summed E-state index contributed by atoms with van der Waals surface area (Å²) in [5.41, 5.74) is 1.59. The van der Waals surface area contributed by atoms with Crippen molar-refractivity contribution >= 4 is 27.3 Å². The van der Waals surface area contributed by atoms with Crippen LogP contribution in [-0.4, -0.2) is 46.8 Å². The van der Waals surface area contributed by atoms with Crippen molar-refractivity contribution < 1.29 is 13.2 Å². The van der Waals surface area contributed by atoms with Crippen molar-refractivity contribution in [1.29, 1.82) is 0 Å². The summed E-state index contributed by atoms with van der Waals surface area (Å²) in [6.07, 6.45) is 1.87. The van der Waals surface area contributed by atoms with Crippen molar-refractivity contribution in [3.05, 3.63) is 60.7 Å². The smallest absolute Gasteiger partial charge is 0.243 e. The summed E-state index contributed by atoms with van der Waals surface area (Å²) in [5, 5.41) is 2.84. The molecule has 0 aliphatic heterocycles. The highest BCUT2D eigenvalue weighted by Gasteiger charge is 2.28. The standard InChI is InChI=1S/C20H27N3O3S/c1-17(23(27(3,25)26)19-13-8-5-9-14-19)20(24)21-15-10-16-22(2)18-11-6-4-7-12-18/h4-9,11-14,17H,10,15-16H2,1-3H3,(H,21,24)/t17-/m0/s1. The van der Waals surface area contributed by atoms with Gasteiger partial charge in [-0.1, -0.05) is 36.4 Å². The summed E-state index contributed by atoms with van der Waals surface area (Å²) in [4.78, 5) is 14.6. The van der Waals surface area contributed by atoms with Gasteiger partial charge in [0.1, 0.15) is 6.04 Å². The first-order valence-corrected chi connectivity index (χ1v) is 10.7. The first kappa shape index (κ1) is 20.8. The van der Waals surface area contributed by atoms with Crippen LogP contribution >= 0.6 is 0 Å². The van der Waals surface area contributed by atoms with Gasteiger partial charge in [0.05, 0.1) is 11.9 Å². The molecule has 0 saturated heterocycles. The van der Waals surface area contributed by atoms with Crippen LogP contribution in [0, 0.1) is 0 Å². The number of carbonyl (C=O) groups is 1. The third-order valence-corrected chi connectivity index (χ3v) is 5.51. The monoisotopic (exact) mass is 389 g/mol. The minimum atomic E-state index is -3.58. The van der Waals surface area contributed by atoms with E-state index in [9.17, 15) is 13.2 Å². The molecule has 7 heteroatoms. The van der Waals surface area contributed by atoms with Gasteiger partial charge in [0.25, 0.3) is 0 Å². The number of amides is 1. The lowest BCUT2D eigenvalue weighted by Crippen LogP contribution is -2.48. The molecule has 6 nitrogen and oxygen atoms in total. The van der Waals surface area contributed by atoms with E-state index in [-0.39, 0.29) is 5.91 Å². The molecular weight excluding hydrogens is 362 g/mol. The molecule has 0 fully saturated rings. The number of nitrogens with zero attached hydrogens (tertiary/aromatic N) is 2. The number of hydrogen-bond donors (Lipinski definition) is 1. The van der Waals surface area contributed by atoms with Gasteiger partial charge in [-0.2, -0.15) is 0 Å². The number of sulfonamides is 1. The van der Waals surface area contributed by atoms with Crippen LogP contribution in [0.3, 0.4) is 0 Å².